The van der Waals surface area contributed by atoms with E-state index in [-0.39, 0.29) is 5.91 Å². The van der Waals surface area contributed by atoms with Gasteiger partial charge in [0.1, 0.15) is 6.54 Å². The zero-order valence-electron chi connectivity index (χ0n) is 13.7. The molecule has 1 aromatic rings. The number of aromatic nitrogens is 2. The Hall–Kier alpha value is -1.36. The first-order chi connectivity index (χ1) is 9.95. The number of rotatable bonds is 6. The summed E-state index contributed by atoms with van der Waals surface area (Å²) in [6.07, 6.45) is 2.38. The highest BCUT2D eigenvalue weighted by molar-refractivity contribution is 5.76. The van der Waals surface area contributed by atoms with E-state index in [0.29, 0.717) is 18.5 Å². The van der Waals surface area contributed by atoms with Gasteiger partial charge < -0.3 is 10.2 Å². The Morgan fingerprint density at radius 2 is 2.29 bits per heavy atom. The molecule has 0 aliphatic carbocycles. The van der Waals surface area contributed by atoms with Gasteiger partial charge in [-0.15, -0.1) is 0 Å². The van der Waals surface area contributed by atoms with Crippen LogP contribution in [0.15, 0.2) is 6.07 Å². The quantitative estimate of drug-likeness (QED) is 0.869. The highest BCUT2D eigenvalue weighted by Gasteiger charge is 2.22. The smallest absolute Gasteiger partial charge is 0.244 e. The van der Waals surface area contributed by atoms with Crippen molar-refractivity contribution in [3.8, 4) is 0 Å². The fourth-order valence-corrected chi connectivity index (χ4v) is 2.96. The summed E-state index contributed by atoms with van der Waals surface area (Å²) < 4.78 is 1.81. The number of amides is 1. The minimum absolute atomic E-state index is 0.170. The molecule has 1 fully saturated rings. The van der Waals surface area contributed by atoms with Crippen molar-refractivity contribution in [2.24, 2.45) is 5.92 Å². The van der Waals surface area contributed by atoms with Crippen molar-refractivity contribution in [3.05, 3.63) is 17.5 Å². The molecule has 1 aromatic heterocycles. The maximum atomic E-state index is 12.6. The van der Waals surface area contributed by atoms with Crippen molar-refractivity contribution in [2.45, 2.75) is 53.1 Å². The molecule has 0 radical (unpaired) electrons. The summed E-state index contributed by atoms with van der Waals surface area (Å²) in [6, 6.07) is 2.46. The molecule has 5 nitrogen and oxygen atoms in total. The zero-order valence-corrected chi connectivity index (χ0v) is 13.7. The number of hydrogen-bond acceptors (Lipinski definition) is 3. The fourth-order valence-electron chi connectivity index (χ4n) is 2.96. The van der Waals surface area contributed by atoms with Crippen LogP contribution < -0.4 is 5.32 Å². The van der Waals surface area contributed by atoms with Gasteiger partial charge in [-0.1, -0.05) is 13.8 Å². The predicted octanol–water partition coefficient (Wildman–Crippen LogP) is 1.74. The van der Waals surface area contributed by atoms with Crippen LogP contribution >= 0.6 is 0 Å². The molecule has 118 valence electrons. The van der Waals surface area contributed by atoms with Gasteiger partial charge in [-0.3, -0.25) is 9.48 Å². The van der Waals surface area contributed by atoms with Crippen molar-refractivity contribution < 1.29 is 4.79 Å². The summed E-state index contributed by atoms with van der Waals surface area (Å²) >= 11 is 0. The lowest BCUT2D eigenvalue weighted by Crippen LogP contribution is -2.44. The van der Waals surface area contributed by atoms with Gasteiger partial charge in [-0.25, -0.2) is 0 Å². The third-order valence-electron chi connectivity index (χ3n) is 3.93. The van der Waals surface area contributed by atoms with Crippen molar-refractivity contribution >= 4 is 5.91 Å². The van der Waals surface area contributed by atoms with Crippen molar-refractivity contribution in [1.82, 2.24) is 20.0 Å². The van der Waals surface area contributed by atoms with E-state index in [0.717, 1.165) is 31.0 Å². The second-order valence-corrected chi connectivity index (χ2v) is 6.57. The van der Waals surface area contributed by atoms with Gasteiger partial charge in [0.2, 0.25) is 5.91 Å². The first-order valence-electron chi connectivity index (χ1n) is 7.98. The van der Waals surface area contributed by atoms with E-state index in [4.69, 9.17) is 0 Å². The molecule has 1 amide bonds. The maximum absolute atomic E-state index is 12.6. The van der Waals surface area contributed by atoms with Gasteiger partial charge in [0.15, 0.2) is 0 Å². The molecule has 1 aliphatic rings. The molecule has 1 saturated heterocycles. The van der Waals surface area contributed by atoms with Crippen LogP contribution in [-0.4, -0.2) is 46.3 Å². The van der Waals surface area contributed by atoms with Gasteiger partial charge in [0.05, 0.1) is 5.69 Å². The molecular formula is C16H28N4O. The molecule has 1 N–H and O–H groups in total. The van der Waals surface area contributed by atoms with Crippen LogP contribution in [0.4, 0.5) is 0 Å². The van der Waals surface area contributed by atoms with Crippen LogP contribution in [0.25, 0.3) is 0 Å². The minimum atomic E-state index is 0.170. The van der Waals surface area contributed by atoms with E-state index in [1.54, 1.807) is 0 Å². The fraction of sp³-hybridized carbons (Fsp3) is 0.750. The normalized spacial score (nSPS) is 18.4. The summed E-state index contributed by atoms with van der Waals surface area (Å²) in [5, 5.41) is 7.88. The summed E-state index contributed by atoms with van der Waals surface area (Å²) in [6.45, 7) is 11.3. The third kappa shape index (κ3) is 4.56. The van der Waals surface area contributed by atoms with E-state index in [2.05, 4.69) is 24.3 Å². The zero-order chi connectivity index (χ0) is 15.4. The summed E-state index contributed by atoms with van der Waals surface area (Å²) in [5.74, 6) is 0.652. The average Bonchev–Trinajstić information content (AvgIpc) is 2.98. The topological polar surface area (TPSA) is 50.2 Å². The molecule has 0 aromatic carbocycles. The standard InChI is InChI=1S/C16H28N4O/c1-12(2)9-19(10-15-6-5-7-17-15)16(21)11-20-14(4)8-13(3)18-20/h8,12,15,17H,5-7,9-11H2,1-4H3. The summed E-state index contributed by atoms with van der Waals surface area (Å²) in [5.41, 5.74) is 2.01. The van der Waals surface area contributed by atoms with Gasteiger partial charge >= 0.3 is 0 Å². The lowest BCUT2D eigenvalue weighted by atomic mass is 10.1. The highest BCUT2D eigenvalue weighted by atomic mass is 16.2. The van der Waals surface area contributed by atoms with Gasteiger partial charge in [0, 0.05) is 24.8 Å². The van der Waals surface area contributed by atoms with Crippen LogP contribution in [0.3, 0.4) is 0 Å². The molecule has 21 heavy (non-hydrogen) atoms. The molecule has 1 aliphatic heterocycles. The monoisotopic (exact) mass is 292 g/mol. The van der Waals surface area contributed by atoms with E-state index >= 15 is 0 Å². The number of nitrogens with zero attached hydrogens (tertiary/aromatic N) is 3. The van der Waals surface area contributed by atoms with Crippen molar-refractivity contribution in [3.63, 3.8) is 0 Å². The molecular weight excluding hydrogens is 264 g/mol. The molecule has 0 bridgehead atoms. The van der Waals surface area contributed by atoms with Gasteiger partial charge in [0.25, 0.3) is 0 Å². The predicted molar refractivity (Wildman–Crippen MR) is 84.1 cm³/mol. The summed E-state index contributed by atoms with van der Waals surface area (Å²) in [4.78, 5) is 14.6. The Kier molecular flexibility index (Phi) is 5.39. The van der Waals surface area contributed by atoms with Crippen molar-refractivity contribution in [2.75, 3.05) is 19.6 Å². The van der Waals surface area contributed by atoms with Crippen LogP contribution in [0.1, 0.15) is 38.1 Å². The van der Waals surface area contributed by atoms with E-state index in [1.165, 1.54) is 12.8 Å². The first-order valence-corrected chi connectivity index (χ1v) is 7.98. The number of carbonyl (C=O) groups excluding carboxylic acids is 1. The van der Waals surface area contributed by atoms with E-state index in [1.807, 2.05) is 29.5 Å². The van der Waals surface area contributed by atoms with E-state index < -0.39 is 0 Å². The SMILES string of the molecule is Cc1cc(C)n(CC(=O)N(CC(C)C)CC2CCCN2)n1. The van der Waals surface area contributed by atoms with Crippen LogP contribution in [0.5, 0.6) is 0 Å². The second-order valence-electron chi connectivity index (χ2n) is 6.57. The molecule has 0 saturated carbocycles. The molecule has 0 spiro atoms. The van der Waals surface area contributed by atoms with Gasteiger partial charge in [-0.05, 0) is 45.2 Å². The van der Waals surface area contributed by atoms with Gasteiger partial charge in [-0.2, -0.15) is 5.10 Å². The Morgan fingerprint density at radius 1 is 1.52 bits per heavy atom. The average molecular weight is 292 g/mol. The van der Waals surface area contributed by atoms with Crippen molar-refractivity contribution in [1.29, 1.82) is 0 Å². The first kappa shape index (κ1) is 16.0. The van der Waals surface area contributed by atoms with Crippen LogP contribution in [0, 0.1) is 19.8 Å². The lowest BCUT2D eigenvalue weighted by molar-refractivity contribution is -0.133. The Labute approximate surface area is 127 Å². The Morgan fingerprint density at radius 3 is 2.81 bits per heavy atom. The molecule has 2 heterocycles. The molecule has 1 unspecified atom stereocenters. The Bertz CT molecular complexity index is 475. The lowest BCUT2D eigenvalue weighted by Gasteiger charge is -2.27. The Balaban J connectivity index is 2.00. The largest absolute Gasteiger partial charge is 0.339 e. The third-order valence-corrected chi connectivity index (χ3v) is 3.93. The van der Waals surface area contributed by atoms with E-state index in [9.17, 15) is 4.79 Å². The minimum Gasteiger partial charge on any atom is -0.339 e. The number of nitrogens with one attached hydrogen (secondary N) is 1. The molecule has 1 atom stereocenters. The highest BCUT2D eigenvalue weighted by Crippen LogP contribution is 2.10. The molecule has 5 heteroatoms. The number of aryl methyl sites for hydroxylation is 2. The number of hydrogen-bond donors (Lipinski definition) is 1. The van der Waals surface area contributed by atoms with Crippen LogP contribution in [0.2, 0.25) is 0 Å². The van der Waals surface area contributed by atoms with Crippen LogP contribution in [-0.2, 0) is 11.3 Å². The molecule has 2 rings (SSSR count). The second kappa shape index (κ2) is 7.07. The maximum Gasteiger partial charge on any atom is 0.244 e. The number of carbonyl (C=O) groups is 1. The summed E-state index contributed by atoms with van der Waals surface area (Å²) in [7, 11) is 0.